The molecule has 0 heterocycles. The maximum atomic E-state index is 12.3. The SMILES string of the molecule is COc1ccc(S(=O)(=O)NC(C(C)C)C(C)C)cc1. The van der Waals surface area contributed by atoms with Crippen LogP contribution in [0.15, 0.2) is 29.2 Å². The van der Waals surface area contributed by atoms with Gasteiger partial charge in [-0.1, -0.05) is 27.7 Å². The number of methoxy groups -OCH3 is 1. The third-order valence-corrected chi connectivity index (χ3v) is 4.57. The molecule has 0 unspecified atom stereocenters. The van der Waals surface area contributed by atoms with Crippen LogP contribution >= 0.6 is 0 Å². The molecule has 0 spiro atoms. The van der Waals surface area contributed by atoms with Crippen molar-refractivity contribution in [3.05, 3.63) is 24.3 Å². The van der Waals surface area contributed by atoms with E-state index in [2.05, 4.69) is 4.72 Å². The molecule has 0 atom stereocenters. The van der Waals surface area contributed by atoms with Crippen molar-refractivity contribution in [3.8, 4) is 5.75 Å². The molecule has 1 aromatic carbocycles. The van der Waals surface area contributed by atoms with Crippen molar-refractivity contribution < 1.29 is 13.2 Å². The fourth-order valence-corrected chi connectivity index (χ4v) is 3.58. The summed E-state index contributed by atoms with van der Waals surface area (Å²) in [7, 11) is -1.93. The van der Waals surface area contributed by atoms with Gasteiger partial charge in [-0.3, -0.25) is 0 Å². The Balaban J connectivity index is 2.96. The van der Waals surface area contributed by atoms with Crippen LogP contribution in [0.3, 0.4) is 0 Å². The number of benzene rings is 1. The summed E-state index contributed by atoms with van der Waals surface area (Å²) in [4.78, 5) is 0.264. The van der Waals surface area contributed by atoms with Crippen LogP contribution < -0.4 is 9.46 Å². The molecule has 4 nitrogen and oxygen atoms in total. The van der Waals surface area contributed by atoms with Gasteiger partial charge in [0, 0.05) is 6.04 Å². The smallest absolute Gasteiger partial charge is 0.240 e. The third kappa shape index (κ3) is 4.21. The van der Waals surface area contributed by atoms with Gasteiger partial charge in [0.05, 0.1) is 12.0 Å². The molecular weight excluding hydrogens is 262 g/mol. The molecule has 5 heteroatoms. The molecule has 1 rings (SSSR count). The molecule has 0 saturated heterocycles. The van der Waals surface area contributed by atoms with E-state index in [0.29, 0.717) is 5.75 Å². The molecule has 1 aromatic rings. The van der Waals surface area contributed by atoms with E-state index in [1.165, 1.54) is 0 Å². The number of nitrogens with one attached hydrogen (secondary N) is 1. The van der Waals surface area contributed by atoms with Gasteiger partial charge in [0.1, 0.15) is 5.75 Å². The zero-order valence-corrected chi connectivity index (χ0v) is 13.0. The minimum atomic E-state index is -3.48. The first kappa shape index (κ1) is 16.0. The highest BCUT2D eigenvalue weighted by Gasteiger charge is 2.24. The predicted octanol–water partition coefficient (Wildman–Crippen LogP) is 2.65. The second-order valence-electron chi connectivity index (χ2n) is 5.31. The summed E-state index contributed by atoms with van der Waals surface area (Å²) in [5.41, 5.74) is 0. The summed E-state index contributed by atoms with van der Waals surface area (Å²) in [5.74, 6) is 1.13. The molecule has 19 heavy (non-hydrogen) atoms. The van der Waals surface area contributed by atoms with E-state index in [1.54, 1.807) is 31.4 Å². The van der Waals surface area contributed by atoms with Crippen LogP contribution in [0.5, 0.6) is 5.75 Å². The van der Waals surface area contributed by atoms with E-state index in [4.69, 9.17) is 4.74 Å². The standard InChI is InChI=1S/C14H23NO3S/c1-10(2)14(11(3)4)15-19(16,17)13-8-6-12(18-5)7-9-13/h6-11,14-15H,1-5H3. The average molecular weight is 285 g/mol. The van der Waals surface area contributed by atoms with Crippen LogP contribution in [0.2, 0.25) is 0 Å². The van der Waals surface area contributed by atoms with Gasteiger partial charge in [0.2, 0.25) is 10.0 Å². The molecule has 0 saturated carbocycles. The maximum Gasteiger partial charge on any atom is 0.240 e. The first-order chi connectivity index (χ1) is 8.77. The van der Waals surface area contributed by atoms with E-state index < -0.39 is 10.0 Å². The molecule has 1 N–H and O–H groups in total. The molecule has 0 aliphatic rings. The Morgan fingerprint density at radius 1 is 1.00 bits per heavy atom. The van der Waals surface area contributed by atoms with Crippen LogP contribution in [0, 0.1) is 11.8 Å². The monoisotopic (exact) mass is 285 g/mol. The number of ether oxygens (including phenoxy) is 1. The Kier molecular flexibility index (Phi) is 5.38. The number of hydrogen-bond donors (Lipinski definition) is 1. The first-order valence-corrected chi connectivity index (χ1v) is 7.92. The Morgan fingerprint density at radius 2 is 1.47 bits per heavy atom. The molecule has 0 fully saturated rings. The topological polar surface area (TPSA) is 55.4 Å². The molecule has 0 amide bonds. The van der Waals surface area contributed by atoms with Gasteiger partial charge in [-0.15, -0.1) is 0 Å². The molecule has 0 radical (unpaired) electrons. The highest BCUT2D eigenvalue weighted by atomic mass is 32.2. The molecule has 0 bridgehead atoms. The lowest BCUT2D eigenvalue weighted by atomic mass is 9.94. The Morgan fingerprint density at radius 3 is 1.84 bits per heavy atom. The third-order valence-electron chi connectivity index (χ3n) is 3.10. The highest BCUT2D eigenvalue weighted by Crippen LogP contribution is 2.19. The summed E-state index contributed by atoms with van der Waals surface area (Å²) in [6, 6.07) is 6.33. The fraction of sp³-hybridized carbons (Fsp3) is 0.571. The van der Waals surface area contributed by atoms with Crippen LogP contribution in [-0.2, 0) is 10.0 Å². The Hall–Kier alpha value is -1.07. The zero-order chi connectivity index (χ0) is 14.6. The van der Waals surface area contributed by atoms with Crippen molar-refractivity contribution in [2.75, 3.05) is 7.11 Å². The van der Waals surface area contributed by atoms with Crippen LogP contribution in [0.4, 0.5) is 0 Å². The molecular formula is C14H23NO3S. The number of hydrogen-bond acceptors (Lipinski definition) is 3. The lowest BCUT2D eigenvalue weighted by Gasteiger charge is -2.25. The lowest BCUT2D eigenvalue weighted by Crippen LogP contribution is -2.42. The lowest BCUT2D eigenvalue weighted by molar-refractivity contribution is 0.355. The van der Waals surface area contributed by atoms with E-state index >= 15 is 0 Å². The van der Waals surface area contributed by atoms with E-state index in [1.807, 2.05) is 27.7 Å². The molecule has 0 aromatic heterocycles. The van der Waals surface area contributed by atoms with Crippen LogP contribution in [0.1, 0.15) is 27.7 Å². The summed E-state index contributed by atoms with van der Waals surface area (Å²) in [5, 5.41) is 0. The summed E-state index contributed by atoms with van der Waals surface area (Å²) in [6.45, 7) is 8.06. The Labute approximate surface area is 116 Å². The summed E-state index contributed by atoms with van der Waals surface area (Å²) >= 11 is 0. The predicted molar refractivity (Wildman–Crippen MR) is 76.8 cm³/mol. The Bertz CT molecular complexity index is 484. The normalized spacial score (nSPS) is 12.4. The van der Waals surface area contributed by atoms with Crippen molar-refractivity contribution >= 4 is 10.0 Å². The largest absolute Gasteiger partial charge is 0.497 e. The van der Waals surface area contributed by atoms with Crippen molar-refractivity contribution in [1.82, 2.24) is 4.72 Å². The van der Waals surface area contributed by atoms with Crippen molar-refractivity contribution in [1.29, 1.82) is 0 Å². The quantitative estimate of drug-likeness (QED) is 0.874. The molecule has 0 aliphatic carbocycles. The first-order valence-electron chi connectivity index (χ1n) is 6.44. The number of sulfonamides is 1. The summed E-state index contributed by atoms with van der Waals surface area (Å²) < 4.78 is 32.4. The summed E-state index contributed by atoms with van der Waals surface area (Å²) in [6.07, 6.45) is 0. The fourth-order valence-electron chi connectivity index (χ4n) is 2.04. The van der Waals surface area contributed by atoms with E-state index in [9.17, 15) is 8.42 Å². The molecule has 108 valence electrons. The average Bonchev–Trinajstić information content (AvgIpc) is 2.35. The maximum absolute atomic E-state index is 12.3. The second kappa shape index (κ2) is 6.39. The minimum Gasteiger partial charge on any atom is -0.497 e. The van der Waals surface area contributed by atoms with Gasteiger partial charge >= 0.3 is 0 Å². The zero-order valence-electron chi connectivity index (χ0n) is 12.2. The van der Waals surface area contributed by atoms with Gasteiger partial charge in [0.15, 0.2) is 0 Å². The van der Waals surface area contributed by atoms with Gasteiger partial charge < -0.3 is 4.74 Å². The molecule has 0 aliphatic heterocycles. The number of rotatable bonds is 6. The van der Waals surface area contributed by atoms with E-state index in [-0.39, 0.29) is 22.8 Å². The van der Waals surface area contributed by atoms with Crippen molar-refractivity contribution in [2.24, 2.45) is 11.8 Å². The minimum absolute atomic E-state index is 0.0768. The van der Waals surface area contributed by atoms with Gasteiger partial charge in [-0.25, -0.2) is 13.1 Å². The van der Waals surface area contributed by atoms with Gasteiger partial charge in [0.25, 0.3) is 0 Å². The van der Waals surface area contributed by atoms with Crippen molar-refractivity contribution in [3.63, 3.8) is 0 Å². The van der Waals surface area contributed by atoms with Crippen LogP contribution in [0.25, 0.3) is 0 Å². The van der Waals surface area contributed by atoms with Gasteiger partial charge in [-0.05, 0) is 36.1 Å². The van der Waals surface area contributed by atoms with Crippen molar-refractivity contribution in [2.45, 2.75) is 38.6 Å². The van der Waals surface area contributed by atoms with E-state index in [0.717, 1.165) is 0 Å². The second-order valence-corrected chi connectivity index (χ2v) is 7.02. The van der Waals surface area contributed by atoms with Gasteiger partial charge in [-0.2, -0.15) is 0 Å². The highest BCUT2D eigenvalue weighted by molar-refractivity contribution is 7.89. The van der Waals surface area contributed by atoms with Crippen LogP contribution in [-0.4, -0.2) is 21.6 Å².